The molecule has 3 heterocycles. The molecular weight excluding hydrogens is 444 g/mol. The Labute approximate surface area is 194 Å². The molecule has 2 aromatic heterocycles. The van der Waals surface area contributed by atoms with Crippen LogP contribution in [-0.4, -0.2) is 66.8 Å². The van der Waals surface area contributed by atoms with Crippen molar-refractivity contribution in [1.29, 1.82) is 0 Å². The first kappa shape index (κ1) is 21.3. The molecular formula is C23H24N4O3S2. The number of morpholine rings is 1. The summed E-state index contributed by atoms with van der Waals surface area (Å²) in [6, 6.07) is 13.7. The fraction of sp³-hybridized carbons (Fsp3) is 0.348. The molecule has 0 aliphatic carbocycles. The second-order valence-corrected chi connectivity index (χ2v) is 9.50. The number of hydrogen-bond donors (Lipinski definition) is 0. The van der Waals surface area contributed by atoms with Crippen LogP contribution in [0.1, 0.15) is 16.7 Å². The van der Waals surface area contributed by atoms with E-state index in [4.69, 9.17) is 14.5 Å². The maximum atomic E-state index is 13.6. The van der Waals surface area contributed by atoms with Gasteiger partial charge in [-0.1, -0.05) is 23.5 Å². The number of thiazole rings is 2. The highest BCUT2D eigenvalue weighted by Gasteiger charge is 2.25. The van der Waals surface area contributed by atoms with Crippen LogP contribution < -0.4 is 9.64 Å². The first-order valence-corrected chi connectivity index (χ1v) is 12.4. The number of ether oxygens (including phenoxy) is 2. The van der Waals surface area contributed by atoms with Crippen LogP contribution in [0.2, 0.25) is 0 Å². The number of nitrogens with zero attached hydrogens (tertiary/aromatic N) is 4. The molecule has 1 amide bonds. The molecule has 7 nitrogen and oxygen atoms in total. The van der Waals surface area contributed by atoms with Crippen molar-refractivity contribution in [2.45, 2.75) is 6.92 Å². The van der Waals surface area contributed by atoms with Crippen LogP contribution in [0.15, 0.2) is 42.5 Å². The highest BCUT2D eigenvalue weighted by molar-refractivity contribution is 7.23. The van der Waals surface area contributed by atoms with Crippen LogP contribution in [-0.2, 0) is 4.74 Å². The average Bonchev–Trinajstić information content (AvgIpc) is 3.44. The summed E-state index contributed by atoms with van der Waals surface area (Å²) in [5.74, 6) is 0.705. The Morgan fingerprint density at radius 2 is 1.91 bits per heavy atom. The van der Waals surface area contributed by atoms with Crippen molar-refractivity contribution in [2.24, 2.45) is 0 Å². The molecule has 9 heteroatoms. The van der Waals surface area contributed by atoms with Gasteiger partial charge < -0.3 is 9.47 Å². The van der Waals surface area contributed by atoms with Crippen LogP contribution in [0.4, 0.5) is 5.13 Å². The molecule has 0 N–H and O–H groups in total. The molecule has 1 saturated heterocycles. The zero-order valence-electron chi connectivity index (χ0n) is 17.8. The lowest BCUT2D eigenvalue weighted by molar-refractivity contribution is 0.0391. The number of hydrogen-bond acceptors (Lipinski definition) is 8. The Balaban J connectivity index is 1.46. The summed E-state index contributed by atoms with van der Waals surface area (Å²) < 4.78 is 13.1. The predicted molar refractivity (Wildman–Crippen MR) is 129 cm³/mol. The zero-order valence-corrected chi connectivity index (χ0v) is 19.5. The number of anilines is 1. The van der Waals surface area contributed by atoms with E-state index in [2.05, 4.69) is 9.88 Å². The second-order valence-electron chi connectivity index (χ2n) is 7.46. The monoisotopic (exact) mass is 468 g/mol. The molecule has 4 aromatic rings. The molecule has 5 rings (SSSR count). The molecule has 1 aliphatic heterocycles. The Morgan fingerprint density at radius 3 is 2.72 bits per heavy atom. The summed E-state index contributed by atoms with van der Waals surface area (Å²) in [5.41, 5.74) is 1.71. The van der Waals surface area contributed by atoms with Gasteiger partial charge in [-0.25, -0.2) is 9.97 Å². The standard InChI is InChI=1S/C23H24N4O3S2/c1-2-30-16-7-8-18-20(15-16)32-23(25-18)27(10-9-26-11-13-29-14-12-26)22(28)21-24-17-5-3-4-6-19(17)31-21/h3-8,15H,2,9-14H2,1H3. The molecule has 0 radical (unpaired) electrons. The third-order valence-corrected chi connectivity index (χ3v) is 7.42. The summed E-state index contributed by atoms with van der Waals surface area (Å²) in [6.07, 6.45) is 0. The molecule has 0 atom stereocenters. The Hall–Kier alpha value is -2.59. The minimum atomic E-state index is -0.108. The van der Waals surface area contributed by atoms with Gasteiger partial charge in [0, 0.05) is 26.2 Å². The minimum absolute atomic E-state index is 0.108. The molecule has 1 aliphatic rings. The summed E-state index contributed by atoms with van der Waals surface area (Å²) in [4.78, 5) is 27.1. The van der Waals surface area contributed by atoms with E-state index < -0.39 is 0 Å². The van der Waals surface area contributed by atoms with E-state index in [0.717, 1.165) is 59.0 Å². The van der Waals surface area contributed by atoms with Crippen LogP contribution in [0, 0.1) is 0 Å². The average molecular weight is 469 g/mol. The molecule has 0 spiro atoms. The molecule has 0 saturated carbocycles. The number of carbonyl (C=O) groups excluding carboxylic acids is 1. The smallest absolute Gasteiger partial charge is 0.289 e. The van der Waals surface area contributed by atoms with Crippen LogP contribution in [0.5, 0.6) is 5.75 Å². The number of aromatic nitrogens is 2. The second kappa shape index (κ2) is 9.50. The summed E-state index contributed by atoms with van der Waals surface area (Å²) in [5, 5.41) is 1.17. The topological polar surface area (TPSA) is 67.8 Å². The van der Waals surface area contributed by atoms with E-state index in [9.17, 15) is 4.79 Å². The minimum Gasteiger partial charge on any atom is -0.494 e. The van der Waals surface area contributed by atoms with Crippen LogP contribution in [0.25, 0.3) is 20.4 Å². The largest absolute Gasteiger partial charge is 0.494 e. The predicted octanol–water partition coefficient (Wildman–Crippen LogP) is 4.28. The SMILES string of the molecule is CCOc1ccc2nc(N(CCN3CCOCC3)C(=O)c3nc4ccccc4s3)sc2c1. The van der Waals surface area contributed by atoms with Crippen LogP contribution in [0.3, 0.4) is 0 Å². The van der Waals surface area contributed by atoms with E-state index in [1.54, 1.807) is 4.90 Å². The van der Waals surface area contributed by atoms with Gasteiger partial charge in [0.2, 0.25) is 0 Å². The fourth-order valence-electron chi connectivity index (χ4n) is 3.69. The Bertz CT molecular complexity index is 1200. The number of rotatable bonds is 7. The van der Waals surface area contributed by atoms with Crippen molar-refractivity contribution >= 4 is 54.1 Å². The third kappa shape index (κ3) is 4.47. The fourth-order valence-corrected chi connectivity index (χ4v) is 5.63. The summed E-state index contributed by atoms with van der Waals surface area (Å²) >= 11 is 2.94. The number of para-hydroxylation sites is 1. The molecule has 32 heavy (non-hydrogen) atoms. The first-order valence-electron chi connectivity index (χ1n) is 10.7. The Kier molecular flexibility index (Phi) is 6.31. The van der Waals surface area contributed by atoms with Crippen molar-refractivity contribution in [3.63, 3.8) is 0 Å². The van der Waals surface area contributed by atoms with Gasteiger partial charge >= 0.3 is 0 Å². The Morgan fingerprint density at radius 1 is 1.09 bits per heavy atom. The lowest BCUT2D eigenvalue weighted by atomic mass is 10.3. The lowest BCUT2D eigenvalue weighted by Crippen LogP contribution is -2.43. The van der Waals surface area contributed by atoms with Gasteiger partial charge in [0.1, 0.15) is 5.75 Å². The molecule has 2 aromatic carbocycles. The van der Waals surface area contributed by atoms with Crippen LogP contribution >= 0.6 is 22.7 Å². The number of fused-ring (bicyclic) bond motifs is 2. The number of benzene rings is 2. The summed E-state index contributed by atoms with van der Waals surface area (Å²) in [6.45, 7) is 7.10. The van der Waals surface area contributed by atoms with Crippen molar-refractivity contribution in [1.82, 2.24) is 14.9 Å². The molecule has 1 fully saturated rings. The van der Waals surface area contributed by atoms with E-state index in [0.29, 0.717) is 23.3 Å². The highest BCUT2D eigenvalue weighted by atomic mass is 32.1. The van der Waals surface area contributed by atoms with Gasteiger partial charge in [0.25, 0.3) is 5.91 Å². The van der Waals surface area contributed by atoms with Gasteiger partial charge in [0.05, 0.1) is 40.3 Å². The lowest BCUT2D eigenvalue weighted by Gasteiger charge is -2.28. The van der Waals surface area contributed by atoms with Gasteiger partial charge in [0.15, 0.2) is 10.1 Å². The number of amides is 1. The van der Waals surface area contributed by atoms with E-state index in [-0.39, 0.29) is 5.91 Å². The van der Waals surface area contributed by atoms with Crippen molar-refractivity contribution < 1.29 is 14.3 Å². The van der Waals surface area contributed by atoms with Crippen molar-refractivity contribution in [2.75, 3.05) is 50.9 Å². The normalized spacial score (nSPS) is 14.8. The third-order valence-electron chi connectivity index (χ3n) is 5.36. The van der Waals surface area contributed by atoms with E-state index in [1.165, 1.54) is 22.7 Å². The zero-order chi connectivity index (χ0) is 21.9. The first-order chi connectivity index (χ1) is 15.7. The van der Waals surface area contributed by atoms with E-state index in [1.807, 2.05) is 49.4 Å². The number of carbonyl (C=O) groups is 1. The van der Waals surface area contributed by atoms with E-state index >= 15 is 0 Å². The van der Waals surface area contributed by atoms with Crippen molar-refractivity contribution in [3.05, 3.63) is 47.5 Å². The quantitative estimate of drug-likeness (QED) is 0.403. The highest BCUT2D eigenvalue weighted by Crippen LogP contribution is 2.33. The molecule has 0 unspecified atom stereocenters. The van der Waals surface area contributed by atoms with Crippen molar-refractivity contribution in [3.8, 4) is 5.75 Å². The van der Waals surface area contributed by atoms with Gasteiger partial charge in [-0.15, -0.1) is 11.3 Å². The summed E-state index contributed by atoms with van der Waals surface area (Å²) in [7, 11) is 0. The molecule has 0 bridgehead atoms. The van der Waals surface area contributed by atoms with Gasteiger partial charge in [-0.05, 0) is 37.3 Å². The molecule has 166 valence electrons. The van der Waals surface area contributed by atoms with Gasteiger partial charge in [-0.3, -0.25) is 14.6 Å². The maximum Gasteiger partial charge on any atom is 0.289 e. The van der Waals surface area contributed by atoms with Gasteiger partial charge in [-0.2, -0.15) is 0 Å². The maximum absolute atomic E-state index is 13.6.